The Morgan fingerprint density at radius 1 is 1.40 bits per heavy atom. The van der Waals surface area contributed by atoms with Gasteiger partial charge in [-0.3, -0.25) is 4.98 Å². The van der Waals surface area contributed by atoms with Gasteiger partial charge in [0, 0.05) is 24.3 Å². The normalized spacial score (nSPS) is 12.9. The second-order valence-electron chi connectivity index (χ2n) is 3.43. The van der Waals surface area contributed by atoms with Crippen LogP contribution in [0.3, 0.4) is 0 Å². The van der Waals surface area contributed by atoms with E-state index >= 15 is 0 Å². The van der Waals surface area contributed by atoms with Crippen LogP contribution in [0.25, 0.3) is 10.8 Å². The maximum atomic E-state index is 5.56. The summed E-state index contributed by atoms with van der Waals surface area (Å²) >= 11 is 0. The van der Waals surface area contributed by atoms with Crippen molar-refractivity contribution in [3.8, 4) is 0 Å². The first-order chi connectivity index (χ1) is 7.33. The molecule has 0 fully saturated rings. The highest BCUT2D eigenvalue weighted by molar-refractivity contribution is 5.83. The molecule has 0 aliphatic rings. The van der Waals surface area contributed by atoms with Crippen LogP contribution in [-0.2, 0) is 4.74 Å². The number of rotatable bonds is 3. The average Bonchev–Trinajstić information content (AvgIpc) is 2.28. The summed E-state index contributed by atoms with van der Waals surface area (Å²) in [5.41, 5.74) is 0.992. The molecular weight excluding hydrogens is 186 g/mol. The van der Waals surface area contributed by atoms with Crippen molar-refractivity contribution >= 4 is 10.8 Å². The van der Waals surface area contributed by atoms with Crippen molar-refractivity contribution in [2.24, 2.45) is 0 Å². The molecule has 77 valence electrons. The molecule has 0 N–H and O–H groups in total. The molecule has 15 heavy (non-hydrogen) atoms. The number of hydrogen-bond donors (Lipinski definition) is 0. The van der Waals surface area contributed by atoms with Gasteiger partial charge in [0.15, 0.2) is 0 Å². The van der Waals surface area contributed by atoms with Crippen molar-refractivity contribution in [1.29, 1.82) is 0 Å². The zero-order chi connectivity index (χ0) is 10.7. The smallest absolute Gasteiger partial charge is 0.0972 e. The largest absolute Gasteiger partial charge is 0.372 e. The van der Waals surface area contributed by atoms with E-state index in [0.29, 0.717) is 6.61 Å². The van der Waals surface area contributed by atoms with E-state index in [2.05, 4.69) is 17.1 Å². The third-order valence-corrected chi connectivity index (χ3v) is 2.43. The van der Waals surface area contributed by atoms with E-state index in [4.69, 9.17) is 4.74 Å². The number of hydrogen-bond acceptors (Lipinski definition) is 2. The van der Waals surface area contributed by atoms with Gasteiger partial charge in [0.25, 0.3) is 0 Å². The van der Waals surface area contributed by atoms with Gasteiger partial charge in [-0.05, 0) is 19.2 Å². The van der Waals surface area contributed by atoms with E-state index in [1.807, 2.05) is 32.0 Å². The third kappa shape index (κ3) is 2.00. The number of ether oxygens (including phenoxy) is 1. The summed E-state index contributed by atoms with van der Waals surface area (Å²) in [6.45, 7) is 4.72. The summed E-state index contributed by atoms with van der Waals surface area (Å²) in [6, 6.07) is 11.2. The third-order valence-electron chi connectivity index (χ3n) is 2.43. The van der Waals surface area contributed by atoms with E-state index in [1.165, 1.54) is 0 Å². The Hall–Kier alpha value is -1.41. The Kier molecular flexibility index (Phi) is 2.97. The van der Waals surface area contributed by atoms with Gasteiger partial charge in [0.05, 0.1) is 11.8 Å². The lowest BCUT2D eigenvalue weighted by molar-refractivity contribution is 0.0745. The maximum absolute atomic E-state index is 5.56. The van der Waals surface area contributed by atoms with Crippen LogP contribution in [0.4, 0.5) is 0 Å². The fourth-order valence-electron chi connectivity index (χ4n) is 1.73. The summed E-state index contributed by atoms with van der Waals surface area (Å²) in [6.07, 6.45) is 1.75. The lowest BCUT2D eigenvalue weighted by Gasteiger charge is -2.12. The van der Waals surface area contributed by atoms with Gasteiger partial charge in [-0.1, -0.05) is 24.3 Å². The molecule has 0 bridgehead atoms. The van der Waals surface area contributed by atoms with Crippen LogP contribution in [0.5, 0.6) is 0 Å². The lowest BCUT2D eigenvalue weighted by Crippen LogP contribution is -2.02. The van der Waals surface area contributed by atoms with Gasteiger partial charge in [0.1, 0.15) is 0 Å². The zero-order valence-electron chi connectivity index (χ0n) is 9.03. The standard InChI is InChI=1S/C13H14NO/c1-3-15-10(2)13-12-7-5-4-6-11(12)8-9-14-13/h4-7,9-10H,3H2,1-2H3. The summed E-state index contributed by atoms with van der Waals surface area (Å²) in [5.74, 6) is 0. The van der Waals surface area contributed by atoms with Crippen LogP contribution < -0.4 is 0 Å². The zero-order valence-corrected chi connectivity index (χ0v) is 9.03. The maximum Gasteiger partial charge on any atom is 0.0972 e. The topological polar surface area (TPSA) is 22.1 Å². The van der Waals surface area contributed by atoms with E-state index in [0.717, 1.165) is 16.5 Å². The number of aromatic nitrogens is 1. The minimum Gasteiger partial charge on any atom is -0.372 e. The van der Waals surface area contributed by atoms with Gasteiger partial charge < -0.3 is 4.74 Å². The molecule has 2 aromatic rings. The molecule has 0 aliphatic heterocycles. The van der Waals surface area contributed by atoms with Crippen molar-refractivity contribution in [2.75, 3.05) is 6.61 Å². The molecule has 1 radical (unpaired) electrons. The Morgan fingerprint density at radius 3 is 3.00 bits per heavy atom. The highest BCUT2D eigenvalue weighted by atomic mass is 16.5. The van der Waals surface area contributed by atoms with E-state index < -0.39 is 0 Å². The van der Waals surface area contributed by atoms with Gasteiger partial charge >= 0.3 is 0 Å². The van der Waals surface area contributed by atoms with Gasteiger partial charge in [0.2, 0.25) is 0 Å². The molecule has 1 unspecified atom stereocenters. The highest BCUT2D eigenvalue weighted by Gasteiger charge is 2.09. The SMILES string of the molecule is CCOC(C)c1nc[c]c2ccccc12. The minimum atomic E-state index is 0.0366. The molecule has 0 spiro atoms. The average molecular weight is 200 g/mol. The first-order valence-corrected chi connectivity index (χ1v) is 5.20. The summed E-state index contributed by atoms with van der Waals surface area (Å²) in [4.78, 5) is 4.34. The monoisotopic (exact) mass is 200 g/mol. The van der Waals surface area contributed by atoms with E-state index in [-0.39, 0.29) is 6.10 Å². The molecule has 0 aliphatic carbocycles. The predicted molar refractivity (Wildman–Crippen MR) is 60.6 cm³/mol. The Morgan fingerprint density at radius 2 is 2.20 bits per heavy atom. The molecular formula is C13H14NO. The van der Waals surface area contributed by atoms with Crippen LogP contribution in [0, 0.1) is 6.07 Å². The second-order valence-corrected chi connectivity index (χ2v) is 3.43. The Labute approximate surface area is 89.9 Å². The molecule has 2 nitrogen and oxygen atoms in total. The molecule has 2 heteroatoms. The predicted octanol–water partition coefficient (Wildman–Crippen LogP) is 3.13. The van der Waals surface area contributed by atoms with Gasteiger partial charge in [-0.15, -0.1) is 0 Å². The number of fused-ring (bicyclic) bond motifs is 1. The van der Waals surface area contributed by atoms with Crippen LogP contribution in [0.1, 0.15) is 25.6 Å². The summed E-state index contributed by atoms with van der Waals surface area (Å²) < 4.78 is 5.56. The van der Waals surface area contributed by atoms with E-state index in [1.54, 1.807) is 6.20 Å². The lowest BCUT2D eigenvalue weighted by atomic mass is 10.1. The van der Waals surface area contributed by atoms with Crippen LogP contribution in [0.2, 0.25) is 0 Å². The van der Waals surface area contributed by atoms with Gasteiger partial charge in [-0.2, -0.15) is 0 Å². The van der Waals surface area contributed by atoms with Crippen molar-refractivity contribution in [3.63, 3.8) is 0 Å². The van der Waals surface area contributed by atoms with Crippen LogP contribution in [-0.4, -0.2) is 11.6 Å². The molecule has 0 saturated carbocycles. The van der Waals surface area contributed by atoms with Crippen molar-refractivity contribution in [3.05, 3.63) is 42.2 Å². The first-order valence-electron chi connectivity index (χ1n) is 5.20. The molecule has 1 aromatic heterocycles. The minimum absolute atomic E-state index is 0.0366. The van der Waals surface area contributed by atoms with Crippen molar-refractivity contribution < 1.29 is 4.74 Å². The molecule has 0 amide bonds. The Bertz CT molecular complexity index is 448. The molecule has 1 aromatic carbocycles. The Balaban J connectivity index is 2.50. The van der Waals surface area contributed by atoms with Gasteiger partial charge in [-0.25, -0.2) is 0 Å². The molecule has 0 saturated heterocycles. The van der Waals surface area contributed by atoms with Crippen molar-refractivity contribution in [2.45, 2.75) is 20.0 Å². The quantitative estimate of drug-likeness (QED) is 0.759. The van der Waals surface area contributed by atoms with E-state index in [9.17, 15) is 0 Å². The fraction of sp³-hybridized carbons (Fsp3) is 0.308. The molecule has 2 rings (SSSR count). The molecule has 1 atom stereocenters. The number of nitrogens with zero attached hydrogens (tertiary/aromatic N) is 1. The summed E-state index contributed by atoms with van der Waals surface area (Å²) in [5, 5.41) is 2.22. The summed E-state index contributed by atoms with van der Waals surface area (Å²) in [7, 11) is 0. The fourth-order valence-corrected chi connectivity index (χ4v) is 1.73. The molecule has 1 heterocycles. The highest BCUT2D eigenvalue weighted by Crippen LogP contribution is 2.23. The van der Waals surface area contributed by atoms with Crippen LogP contribution in [0.15, 0.2) is 30.5 Å². The first kappa shape index (κ1) is 10.1. The number of pyridine rings is 1. The van der Waals surface area contributed by atoms with Crippen molar-refractivity contribution in [1.82, 2.24) is 4.98 Å². The van der Waals surface area contributed by atoms with Crippen LogP contribution >= 0.6 is 0 Å². The second kappa shape index (κ2) is 4.41. The number of benzene rings is 1.